The molecule has 0 aliphatic heterocycles. The van der Waals surface area contributed by atoms with Crippen molar-refractivity contribution >= 4 is 92.8 Å². The van der Waals surface area contributed by atoms with Gasteiger partial charge < -0.3 is 0 Å². The SMILES string of the molecule is ClC(Cl)=CC(Cl)(Cl)Cl.FC(Cl)=C(Cl)Cl. The summed E-state index contributed by atoms with van der Waals surface area (Å²) in [7, 11) is 0. The molecule has 0 nitrogen and oxygen atoms in total. The van der Waals surface area contributed by atoms with Crippen LogP contribution in [0.4, 0.5) is 4.39 Å². The lowest BCUT2D eigenvalue weighted by Gasteiger charge is -2.00. The van der Waals surface area contributed by atoms with E-state index in [9.17, 15) is 4.39 Å². The lowest BCUT2D eigenvalue weighted by Crippen LogP contribution is -1.93. The van der Waals surface area contributed by atoms with Gasteiger partial charge in [-0.2, -0.15) is 4.39 Å². The van der Waals surface area contributed by atoms with Crippen molar-refractivity contribution in [2.75, 3.05) is 0 Å². The van der Waals surface area contributed by atoms with Gasteiger partial charge in [0.05, 0.1) is 0 Å². The van der Waals surface area contributed by atoms with E-state index in [1.807, 2.05) is 0 Å². The summed E-state index contributed by atoms with van der Waals surface area (Å²) in [5, 5.41) is -1.07. The van der Waals surface area contributed by atoms with Crippen LogP contribution < -0.4 is 0 Å². The van der Waals surface area contributed by atoms with Crippen LogP contribution in [-0.2, 0) is 0 Å². The van der Waals surface area contributed by atoms with Crippen LogP contribution in [0.5, 0.6) is 0 Å². The number of alkyl halides is 3. The molecular formula is C5HCl8F. The van der Waals surface area contributed by atoms with Crippen molar-refractivity contribution < 1.29 is 4.39 Å². The Morgan fingerprint density at radius 3 is 1.21 bits per heavy atom. The van der Waals surface area contributed by atoms with E-state index in [1.54, 1.807) is 0 Å². The third-order valence-corrected chi connectivity index (χ3v) is 1.68. The molecule has 0 saturated carbocycles. The lowest BCUT2D eigenvalue weighted by atomic mass is 10.7. The Bertz CT molecular complexity index is 204. The van der Waals surface area contributed by atoms with Crippen molar-refractivity contribution in [1.82, 2.24) is 0 Å². The topological polar surface area (TPSA) is 0 Å². The third-order valence-electron chi connectivity index (χ3n) is 0.416. The average molecular weight is 364 g/mol. The Hall–Kier alpha value is 1.73. The van der Waals surface area contributed by atoms with Gasteiger partial charge in [0.1, 0.15) is 4.49 Å². The summed E-state index contributed by atoms with van der Waals surface area (Å²) in [5.41, 5.74) is 0. The van der Waals surface area contributed by atoms with Crippen LogP contribution >= 0.6 is 92.8 Å². The second-order valence-corrected chi connectivity index (χ2v) is 6.15. The normalized spacial score (nSPS) is 9.79. The van der Waals surface area contributed by atoms with Crippen LogP contribution in [0.1, 0.15) is 0 Å². The molecule has 0 heterocycles. The molecule has 0 rings (SSSR count). The monoisotopic (exact) mass is 360 g/mol. The molecule has 0 spiro atoms. The van der Waals surface area contributed by atoms with E-state index in [0.717, 1.165) is 6.08 Å². The van der Waals surface area contributed by atoms with Gasteiger partial charge >= 0.3 is 0 Å². The minimum absolute atomic E-state index is 0.0509. The van der Waals surface area contributed by atoms with Crippen molar-refractivity contribution in [2.24, 2.45) is 0 Å². The molecule has 0 bridgehead atoms. The molecule has 0 N–H and O–H groups in total. The zero-order valence-electron chi connectivity index (χ0n) is 5.98. The molecular weight excluding hydrogens is 363 g/mol. The molecule has 0 aliphatic rings. The summed E-state index contributed by atoms with van der Waals surface area (Å²) in [6.45, 7) is 0. The quantitative estimate of drug-likeness (QED) is 0.432. The highest BCUT2D eigenvalue weighted by Crippen LogP contribution is 2.30. The molecule has 0 radical (unpaired) electrons. The summed E-state index contributed by atoms with van der Waals surface area (Å²) in [4.78, 5) is 0. The maximum absolute atomic E-state index is 11.2. The minimum Gasteiger partial charge on any atom is -0.191 e. The first kappa shape index (κ1) is 18.1. The molecule has 0 aromatic rings. The molecule has 14 heavy (non-hydrogen) atoms. The number of hydrogen-bond acceptors (Lipinski definition) is 0. The smallest absolute Gasteiger partial charge is 0.191 e. The van der Waals surface area contributed by atoms with Crippen LogP contribution in [0.2, 0.25) is 0 Å². The van der Waals surface area contributed by atoms with Crippen LogP contribution in [0.15, 0.2) is 20.3 Å². The van der Waals surface area contributed by atoms with Gasteiger partial charge in [0, 0.05) is 0 Å². The molecule has 0 atom stereocenters. The maximum Gasteiger partial charge on any atom is 0.219 e. The van der Waals surface area contributed by atoms with E-state index < -0.39 is 13.6 Å². The molecule has 84 valence electrons. The Kier molecular flexibility index (Phi) is 11.4. The van der Waals surface area contributed by atoms with Gasteiger partial charge in [-0.15, -0.1) is 0 Å². The number of rotatable bonds is 0. The van der Waals surface area contributed by atoms with Crippen molar-refractivity contribution in [3.05, 3.63) is 20.3 Å². The van der Waals surface area contributed by atoms with E-state index in [4.69, 9.17) is 81.2 Å². The molecule has 9 heteroatoms. The molecule has 0 fully saturated rings. The third kappa shape index (κ3) is 19.3. The molecule has 0 aromatic carbocycles. The first-order valence-electron chi connectivity index (χ1n) is 2.53. The highest BCUT2D eigenvalue weighted by atomic mass is 35.6. The van der Waals surface area contributed by atoms with E-state index in [2.05, 4.69) is 11.6 Å². The molecule has 0 saturated heterocycles. The molecule has 0 unspecified atom stereocenters. The molecule has 0 amide bonds. The van der Waals surface area contributed by atoms with E-state index in [1.165, 1.54) is 0 Å². The largest absolute Gasteiger partial charge is 0.219 e. The van der Waals surface area contributed by atoms with Crippen LogP contribution in [0.25, 0.3) is 0 Å². The van der Waals surface area contributed by atoms with Crippen LogP contribution in [-0.4, -0.2) is 3.79 Å². The average Bonchev–Trinajstić information content (AvgIpc) is 1.81. The van der Waals surface area contributed by atoms with Crippen LogP contribution in [0, 0.1) is 0 Å². The lowest BCUT2D eigenvalue weighted by molar-refractivity contribution is 0.695. The fourth-order valence-corrected chi connectivity index (χ4v) is 1.11. The Morgan fingerprint density at radius 1 is 0.929 bits per heavy atom. The van der Waals surface area contributed by atoms with Gasteiger partial charge in [-0.25, -0.2) is 0 Å². The van der Waals surface area contributed by atoms with Gasteiger partial charge in [0.2, 0.25) is 9.08 Å². The molecule has 0 aliphatic carbocycles. The summed E-state index contributed by atoms with van der Waals surface area (Å²) >= 11 is 40.0. The number of allylic oxidation sites excluding steroid dienone is 1. The highest BCUT2D eigenvalue weighted by molar-refractivity contribution is 6.70. The van der Waals surface area contributed by atoms with E-state index >= 15 is 0 Å². The van der Waals surface area contributed by atoms with Gasteiger partial charge in [0.25, 0.3) is 0 Å². The van der Waals surface area contributed by atoms with Gasteiger partial charge in [-0.3, -0.25) is 0 Å². The summed E-state index contributed by atoms with van der Waals surface area (Å²) < 4.78 is 9.14. The summed E-state index contributed by atoms with van der Waals surface area (Å²) in [6.07, 6.45) is 1.10. The van der Waals surface area contributed by atoms with Crippen molar-refractivity contribution in [1.29, 1.82) is 0 Å². The Labute approximate surface area is 120 Å². The van der Waals surface area contributed by atoms with Gasteiger partial charge in [0.15, 0.2) is 4.49 Å². The fourth-order valence-electron chi connectivity index (χ4n) is 0.124. The highest BCUT2D eigenvalue weighted by Gasteiger charge is 2.15. The first-order chi connectivity index (χ1) is 6.06. The summed E-state index contributed by atoms with van der Waals surface area (Å²) in [5.74, 6) is 0. The standard InChI is InChI=1S/C3HCl5.C2Cl3F/c4-2(5)1-3(6,7)8;3-1(4)2(5)6/h1H;. The zero-order valence-corrected chi connectivity index (χ0v) is 12.0. The van der Waals surface area contributed by atoms with E-state index in [0.29, 0.717) is 0 Å². The number of halogens is 9. The maximum atomic E-state index is 11.2. The van der Waals surface area contributed by atoms with Crippen molar-refractivity contribution in [2.45, 2.75) is 3.79 Å². The molecule has 0 aromatic heterocycles. The predicted octanol–water partition coefficient (Wildman–Crippen LogP) is 6.47. The minimum atomic E-state index is -1.49. The summed E-state index contributed by atoms with van der Waals surface area (Å²) in [6, 6.07) is 0. The van der Waals surface area contributed by atoms with E-state index in [-0.39, 0.29) is 4.49 Å². The van der Waals surface area contributed by atoms with Gasteiger partial charge in [-0.1, -0.05) is 81.2 Å². The van der Waals surface area contributed by atoms with Crippen molar-refractivity contribution in [3.8, 4) is 0 Å². The first-order valence-corrected chi connectivity index (χ1v) is 5.55. The second kappa shape index (κ2) is 8.83. The number of hydrogen-bond donors (Lipinski definition) is 0. The zero-order chi connectivity index (χ0) is 11.9. The Balaban J connectivity index is 0. The van der Waals surface area contributed by atoms with Gasteiger partial charge in [-0.05, 0) is 17.7 Å². The van der Waals surface area contributed by atoms with Crippen molar-refractivity contribution in [3.63, 3.8) is 0 Å². The fraction of sp³-hybridized carbons (Fsp3) is 0.200. The predicted molar refractivity (Wildman–Crippen MR) is 65.8 cm³/mol. The second-order valence-electron chi connectivity index (χ2n) is 1.50. The van der Waals surface area contributed by atoms with Crippen LogP contribution in [0.3, 0.4) is 0 Å². The Morgan fingerprint density at radius 2 is 1.21 bits per heavy atom.